The highest BCUT2D eigenvalue weighted by Gasteiger charge is 2.18. The Balaban J connectivity index is 2.22. The predicted molar refractivity (Wildman–Crippen MR) is 72.3 cm³/mol. The molecule has 0 aliphatic carbocycles. The van der Waals surface area contributed by atoms with Gasteiger partial charge in [0.2, 0.25) is 0 Å². The number of hydrogen-bond acceptors (Lipinski definition) is 4. The fourth-order valence-corrected chi connectivity index (χ4v) is 2.53. The van der Waals surface area contributed by atoms with Gasteiger partial charge in [0.05, 0.1) is 0 Å². The zero-order valence-corrected chi connectivity index (χ0v) is 11.5. The smallest absolute Gasteiger partial charge is 0.0446 e. The number of nitrogens with zero attached hydrogens (tertiary/aromatic N) is 2. The molecular formula is C13H29N3O. The van der Waals surface area contributed by atoms with Gasteiger partial charge < -0.3 is 15.3 Å². The fraction of sp³-hybridized carbons (Fsp3) is 1.00. The Morgan fingerprint density at radius 1 is 1.12 bits per heavy atom. The zero-order valence-electron chi connectivity index (χ0n) is 11.5. The summed E-state index contributed by atoms with van der Waals surface area (Å²) in [7, 11) is 0. The van der Waals surface area contributed by atoms with E-state index in [-0.39, 0.29) is 6.61 Å². The lowest BCUT2D eigenvalue weighted by Gasteiger charge is -2.36. The number of aliphatic hydroxyl groups is 1. The molecule has 1 saturated heterocycles. The van der Waals surface area contributed by atoms with Gasteiger partial charge in [-0.2, -0.15) is 0 Å². The summed E-state index contributed by atoms with van der Waals surface area (Å²) < 4.78 is 0. The maximum atomic E-state index is 9.04. The highest BCUT2D eigenvalue weighted by atomic mass is 16.3. The molecule has 0 saturated carbocycles. The molecule has 0 amide bonds. The summed E-state index contributed by atoms with van der Waals surface area (Å²) in [6, 6.07) is 0.447. The summed E-state index contributed by atoms with van der Waals surface area (Å²) in [6.45, 7) is 12.7. The van der Waals surface area contributed by atoms with Crippen molar-refractivity contribution in [2.45, 2.75) is 32.7 Å². The van der Waals surface area contributed by atoms with Crippen LogP contribution in [0, 0.1) is 0 Å². The van der Waals surface area contributed by atoms with Crippen molar-refractivity contribution in [1.29, 1.82) is 0 Å². The summed E-state index contributed by atoms with van der Waals surface area (Å²) in [5, 5.41) is 12.5. The zero-order chi connectivity index (χ0) is 12.5. The number of likely N-dealkylation sites (N-methyl/N-ethyl adjacent to an activating group) is 1. The van der Waals surface area contributed by atoms with Gasteiger partial charge in [-0.15, -0.1) is 0 Å². The van der Waals surface area contributed by atoms with Crippen molar-refractivity contribution in [3.63, 3.8) is 0 Å². The standard InChI is InChI=1S/C13H29N3O/c1-3-6-15-7-9-16(10-8-15)12-13(5-11-17)14-4-2/h13-14,17H,3-12H2,1-2H3. The molecular weight excluding hydrogens is 214 g/mol. The molecule has 17 heavy (non-hydrogen) atoms. The molecule has 0 aromatic rings. The van der Waals surface area contributed by atoms with E-state index in [9.17, 15) is 0 Å². The second kappa shape index (κ2) is 8.86. The topological polar surface area (TPSA) is 38.7 Å². The first kappa shape index (κ1) is 14.9. The molecule has 1 fully saturated rings. The maximum absolute atomic E-state index is 9.04. The predicted octanol–water partition coefficient (Wildman–Crippen LogP) is 0.375. The molecule has 0 aromatic carbocycles. The van der Waals surface area contributed by atoms with E-state index in [0.29, 0.717) is 6.04 Å². The summed E-state index contributed by atoms with van der Waals surface area (Å²) in [5.74, 6) is 0. The summed E-state index contributed by atoms with van der Waals surface area (Å²) in [5.41, 5.74) is 0. The quantitative estimate of drug-likeness (QED) is 0.646. The molecule has 1 aliphatic heterocycles. The third kappa shape index (κ3) is 5.82. The van der Waals surface area contributed by atoms with E-state index in [0.717, 1.165) is 19.5 Å². The van der Waals surface area contributed by atoms with Gasteiger partial charge in [0, 0.05) is 45.4 Å². The van der Waals surface area contributed by atoms with Crippen molar-refractivity contribution < 1.29 is 5.11 Å². The molecule has 1 unspecified atom stereocenters. The largest absolute Gasteiger partial charge is 0.396 e. The van der Waals surface area contributed by atoms with Gasteiger partial charge >= 0.3 is 0 Å². The van der Waals surface area contributed by atoms with Crippen molar-refractivity contribution in [3.05, 3.63) is 0 Å². The summed E-state index contributed by atoms with van der Waals surface area (Å²) in [4.78, 5) is 5.07. The summed E-state index contributed by atoms with van der Waals surface area (Å²) in [6.07, 6.45) is 2.12. The van der Waals surface area contributed by atoms with Crippen LogP contribution >= 0.6 is 0 Å². The number of rotatable bonds is 8. The molecule has 1 atom stereocenters. The van der Waals surface area contributed by atoms with Crippen molar-refractivity contribution in [3.8, 4) is 0 Å². The lowest BCUT2D eigenvalue weighted by atomic mass is 10.2. The second-order valence-electron chi connectivity index (χ2n) is 4.91. The minimum Gasteiger partial charge on any atom is -0.396 e. The molecule has 1 aliphatic rings. The average molecular weight is 243 g/mol. The Morgan fingerprint density at radius 3 is 2.29 bits per heavy atom. The van der Waals surface area contributed by atoms with Gasteiger partial charge in [0.15, 0.2) is 0 Å². The molecule has 0 aromatic heterocycles. The van der Waals surface area contributed by atoms with Crippen LogP contribution in [0.25, 0.3) is 0 Å². The van der Waals surface area contributed by atoms with Crippen molar-refractivity contribution in [1.82, 2.24) is 15.1 Å². The molecule has 2 N–H and O–H groups in total. The molecule has 0 bridgehead atoms. The van der Waals surface area contributed by atoms with Crippen LogP contribution < -0.4 is 5.32 Å². The van der Waals surface area contributed by atoms with Gasteiger partial charge in [-0.1, -0.05) is 13.8 Å². The Bertz CT molecular complexity index is 176. The second-order valence-corrected chi connectivity index (χ2v) is 4.91. The number of piperazine rings is 1. The lowest BCUT2D eigenvalue weighted by molar-refractivity contribution is 0.118. The normalized spacial score (nSPS) is 20.6. The molecule has 1 rings (SSSR count). The molecule has 0 spiro atoms. The first-order valence-corrected chi connectivity index (χ1v) is 7.09. The molecule has 4 heteroatoms. The van der Waals surface area contributed by atoms with E-state index in [2.05, 4.69) is 29.0 Å². The van der Waals surface area contributed by atoms with Crippen LogP contribution in [0.1, 0.15) is 26.7 Å². The van der Waals surface area contributed by atoms with Crippen LogP contribution in [0.3, 0.4) is 0 Å². The van der Waals surface area contributed by atoms with E-state index in [1.54, 1.807) is 0 Å². The first-order valence-electron chi connectivity index (χ1n) is 7.09. The van der Waals surface area contributed by atoms with Crippen LogP contribution in [0.5, 0.6) is 0 Å². The molecule has 0 radical (unpaired) electrons. The SMILES string of the molecule is CCCN1CCN(CC(CCO)NCC)CC1. The van der Waals surface area contributed by atoms with Crippen molar-refractivity contribution >= 4 is 0 Å². The van der Waals surface area contributed by atoms with Crippen LogP contribution in [-0.4, -0.2) is 73.4 Å². The van der Waals surface area contributed by atoms with E-state index in [4.69, 9.17) is 5.11 Å². The van der Waals surface area contributed by atoms with Gasteiger partial charge in [-0.3, -0.25) is 4.90 Å². The minimum absolute atomic E-state index is 0.285. The van der Waals surface area contributed by atoms with Crippen molar-refractivity contribution in [2.24, 2.45) is 0 Å². The fourth-order valence-electron chi connectivity index (χ4n) is 2.53. The van der Waals surface area contributed by atoms with Crippen LogP contribution in [0.2, 0.25) is 0 Å². The number of nitrogens with one attached hydrogen (secondary N) is 1. The monoisotopic (exact) mass is 243 g/mol. The summed E-state index contributed by atoms with van der Waals surface area (Å²) >= 11 is 0. The number of aliphatic hydroxyl groups excluding tert-OH is 1. The maximum Gasteiger partial charge on any atom is 0.0446 e. The highest BCUT2D eigenvalue weighted by molar-refractivity contribution is 4.77. The van der Waals surface area contributed by atoms with E-state index >= 15 is 0 Å². The van der Waals surface area contributed by atoms with E-state index in [1.807, 2.05) is 0 Å². The Kier molecular flexibility index (Phi) is 7.77. The first-order chi connectivity index (χ1) is 8.30. The Morgan fingerprint density at radius 2 is 1.76 bits per heavy atom. The van der Waals surface area contributed by atoms with Crippen LogP contribution in [0.15, 0.2) is 0 Å². The van der Waals surface area contributed by atoms with Gasteiger partial charge in [-0.25, -0.2) is 0 Å². The van der Waals surface area contributed by atoms with E-state index in [1.165, 1.54) is 39.1 Å². The molecule has 102 valence electrons. The third-order valence-electron chi connectivity index (χ3n) is 3.45. The van der Waals surface area contributed by atoms with Crippen molar-refractivity contribution in [2.75, 3.05) is 52.4 Å². The third-order valence-corrected chi connectivity index (χ3v) is 3.45. The highest BCUT2D eigenvalue weighted by Crippen LogP contribution is 2.04. The van der Waals surface area contributed by atoms with Crippen LogP contribution in [-0.2, 0) is 0 Å². The van der Waals surface area contributed by atoms with E-state index < -0.39 is 0 Å². The molecule has 4 nitrogen and oxygen atoms in total. The minimum atomic E-state index is 0.285. The van der Waals surface area contributed by atoms with Gasteiger partial charge in [-0.05, 0) is 25.9 Å². The Hall–Kier alpha value is -0.160. The lowest BCUT2D eigenvalue weighted by Crippen LogP contribution is -2.50. The van der Waals surface area contributed by atoms with Gasteiger partial charge in [0.25, 0.3) is 0 Å². The Labute approximate surface area is 106 Å². The molecule has 1 heterocycles. The number of hydrogen-bond donors (Lipinski definition) is 2. The average Bonchev–Trinajstić information content (AvgIpc) is 2.33. The van der Waals surface area contributed by atoms with Gasteiger partial charge in [0.1, 0.15) is 0 Å². The van der Waals surface area contributed by atoms with Crippen LogP contribution in [0.4, 0.5) is 0 Å².